The Morgan fingerprint density at radius 2 is 1.60 bits per heavy atom. The first kappa shape index (κ1) is 10.3. The number of hydrogen-bond donors (Lipinski definition) is 0. The van der Waals surface area contributed by atoms with Gasteiger partial charge in [0.05, 0.1) is 0 Å². The van der Waals surface area contributed by atoms with Crippen molar-refractivity contribution < 1.29 is 0 Å². The van der Waals surface area contributed by atoms with E-state index in [0.717, 1.165) is 0 Å². The van der Waals surface area contributed by atoms with Gasteiger partial charge in [-0.25, -0.2) is 0 Å². The molecule has 0 unspecified atom stereocenters. The highest BCUT2D eigenvalue weighted by atomic mass is 32.3. The zero-order valence-corrected chi connectivity index (χ0v) is 8.96. The van der Waals surface area contributed by atoms with Gasteiger partial charge in [0.15, 0.2) is 0 Å². The van der Waals surface area contributed by atoms with Crippen LogP contribution < -0.4 is 0 Å². The van der Waals surface area contributed by atoms with Crippen LogP contribution in [0.4, 0.5) is 0 Å². The van der Waals surface area contributed by atoms with E-state index in [0.29, 0.717) is 6.04 Å². The molecular formula is C8H21NS. The first-order valence-corrected chi connectivity index (χ1v) is 6.66. The lowest BCUT2D eigenvalue weighted by atomic mass is 10.4. The molecule has 10 heavy (non-hydrogen) atoms. The Kier molecular flexibility index (Phi) is 3.74. The highest BCUT2D eigenvalue weighted by Gasteiger charge is 2.16. The van der Waals surface area contributed by atoms with Gasteiger partial charge < -0.3 is 0 Å². The average Bonchev–Trinajstić information content (AvgIpc) is 1.60. The molecule has 0 aliphatic rings. The van der Waals surface area contributed by atoms with Crippen molar-refractivity contribution in [2.75, 3.05) is 25.3 Å². The van der Waals surface area contributed by atoms with Gasteiger partial charge in [-0.3, -0.25) is 4.31 Å². The Balaban J connectivity index is 4.07. The SMILES string of the molecule is CCN(C(C)C)S(C)(C)C. The minimum Gasteiger partial charge on any atom is -0.266 e. The van der Waals surface area contributed by atoms with Gasteiger partial charge in [0.2, 0.25) is 0 Å². The second-order valence-electron chi connectivity index (χ2n) is 3.60. The lowest BCUT2D eigenvalue weighted by molar-refractivity contribution is 0.407. The van der Waals surface area contributed by atoms with Crippen LogP contribution in [0.5, 0.6) is 0 Å². The van der Waals surface area contributed by atoms with Crippen molar-refractivity contribution in [3.63, 3.8) is 0 Å². The van der Waals surface area contributed by atoms with Gasteiger partial charge in [0.25, 0.3) is 0 Å². The molecule has 0 saturated carbocycles. The van der Waals surface area contributed by atoms with Gasteiger partial charge in [-0.1, -0.05) is 6.92 Å². The summed E-state index contributed by atoms with van der Waals surface area (Å²) >= 11 is 0. The molecule has 2 heteroatoms. The van der Waals surface area contributed by atoms with Crippen LogP contribution in [0.3, 0.4) is 0 Å². The van der Waals surface area contributed by atoms with E-state index in [9.17, 15) is 0 Å². The van der Waals surface area contributed by atoms with E-state index < -0.39 is 10.2 Å². The zero-order valence-electron chi connectivity index (χ0n) is 8.14. The summed E-state index contributed by atoms with van der Waals surface area (Å²) in [6, 6.07) is 0.694. The van der Waals surface area contributed by atoms with E-state index in [-0.39, 0.29) is 0 Å². The van der Waals surface area contributed by atoms with Crippen molar-refractivity contribution in [3.8, 4) is 0 Å². The Hall–Kier alpha value is 0.310. The third-order valence-electron chi connectivity index (χ3n) is 1.59. The molecule has 0 fully saturated rings. The monoisotopic (exact) mass is 163 g/mol. The molecule has 1 nitrogen and oxygen atoms in total. The van der Waals surface area contributed by atoms with Crippen LogP contribution in [0.1, 0.15) is 20.8 Å². The second-order valence-corrected chi connectivity index (χ2v) is 7.61. The summed E-state index contributed by atoms with van der Waals surface area (Å²) in [4.78, 5) is 0. The van der Waals surface area contributed by atoms with Crippen LogP contribution in [-0.4, -0.2) is 35.7 Å². The van der Waals surface area contributed by atoms with Gasteiger partial charge >= 0.3 is 0 Å². The van der Waals surface area contributed by atoms with Crippen molar-refractivity contribution in [2.45, 2.75) is 26.8 Å². The molecule has 0 N–H and O–H groups in total. The first-order valence-electron chi connectivity index (χ1n) is 3.84. The third-order valence-corrected chi connectivity index (χ3v) is 3.68. The van der Waals surface area contributed by atoms with E-state index in [1.807, 2.05) is 0 Å². The van der Waals surface area contributed by atoms with Crippen molar-refractivity contribution >= 4 is 10.2 Å². The van der Waals surface area contributed by atoms with Crippen molar-refractivity contribution in [2.24, 2.45) is 0 Å². The molecule has 0 atom stereocenters. The number of hydrogen-bond acceptors (Lipinski definition) is 1. The molecule has 0 bridgehead atoms. The minimum atomic E-state index is -0.481. The third kappa shape index (κ3) is 2.93. The van der Waals surface area contributed by atoms with Crippen molar-refractivity contribution in [3.05, 3.63) is 0 Å². The highest BCUT2D eigenvalue weighted by Crippen LogP contribution is 2.40. The fourth-order valence-electron chi connectivity index (χ4n) is 1.38. The summed E-state index contributed by atoms with van der Waals surface area (Å²) in [5.74, 6) is 0. The van der Waals surface area contributed by atoms with Crippen LogP contribution in [0.15, 0.2) is 0 Å². The standard InChI is InChI=1S/C8H21NS/c1-7-9(8(2)3)10(4,5)6/h8H,7H2,1-6H3. The van der Waals surface area contributed by atoms with Gasteiger partial charge in [0.1, 0.15) is 0 Å². The zero-order chi connectivity index (χ0) is 8.36. The largest absolute Gasteiger partial charge is 0.266 e. The summed E-state index contributed by atoms with van der Waals surface area (Å²) in [6.07, 6.45) is 7.03. The summed E-state index contributed by atoms with van der Waals surface area (Å²) in [5.41, 5.74) is 0. The van der Waals surface area contributed by atoms with E-state index in [4.69, 9.17) is 0 Å². The molecular weight excluding hydrogens is 142 g/mol. The average molecular weight is 163 g/mol. The normalized spacial score (nSPS) is 14.8. The van der Waals surface area contributed by atoms with E-state index in [2.05, 4.69) is 43.8 Å². The molecule has 0 saturated heterocycles. The lowest BCUT2D eigenvalue weighted by Crippen LogP contribution is -2.32. The Morgan fingerprint density at radius 3 is 1.60 bits per heavy atom. The van der Waals surface area contributed by atoms with Crippen molar-refractivity contribution in [1.29, 1.82) is 0 Å². The predicted octanol–water partition coefficient (Wildman–Crippen LogP) is 2.33. The molecule has 0 heterocycles. The molecule has 0 aromatic rings. The maximum absolute atomic E-state index is 2.56. The molecule has 0 aromatic heterocycles. The van der Waals surface area contributed by atoms with Gasteiger partial charge in [-0.2, -0.15) is 10.2 Å². The fourth-order valence-corrected chi connectivity index (χ4v) is 3.42. The molecule has 64 valence electrons. The van der Waals surface area contributed by atoms with Gasteiger partial charge in [-0.15, -0.1) is 0 Å². The number of rotatable bonds is 3. The summed E-state index contributed by atoms with van der Waals surface area (Å²) in [6.45, 7) is 7.94. The quantitative estimate of drug-likeness (QED) is 0.617. The predicted molar refractivity (Wildman–Crippen MR) is 52.9 cm³/mol. The first-order chi connectivity index (χ1) is 4.39. The molecule has 0 aliphatic carbocycles. The maximum atomic E-state index is 2.56. The van der Waals surface area contributed by atoms with E-state index in [1.165, 1.54) is 6.54 Å². The Labute approximate surface area is 67.2 Å². The second kappa shape index (κ2) is 3.63. The lowest BCUT2D eigenvalue weighted by Gasteiger charge is -2.42. The Bertz CT molecular complexity index is 93.9. The minimum absolute atomic E-state index is 0.481. The van der Waals surface area contributed by atoms with Gasteiger partial charge in [-0.05, 0) is 32.6 Å². The Morgan fingerprint density at radius 1 is 1.20 bits per heavy atom. The molecule has 0 radical (unpaired) electrons. The van der Waals surface area contributed by atoms with E-state index >= 15 is 0 Å². The van der Waals surface area contributed by atoms with Gasteiger partial charge in [0, 0.05) is 12.6 Å². The van der Waals surface area contributed by atoms with Crippen LogP contribution in [0, 0.1) is 0 Å². The topological polar surface area (TPSA) is 3.24 Å². The fraction of sp³-hybridized carbons (Fsp3) is 1.00. The van der Waals surface area contributed by atoms with Crippen LogP contribution in [0.25, 0.3) is 0 Å². The maximum Gasteiger partial charge on any atom is 0.0130 e. The van der Waals surface area contributed by atoms with E-state index in [1.54, 1.807) is 0 Å². The highest BCUT2D eigenvalue weighted by molar-refractivity contribution is 8.30. The van der Waals surface area contributed by atoms with Crippen LogP contribution >= 0.6 is 10.2 Å². The summed E-state index contributed by atoms with van der Waals surface area (Å²) < 4.78 is 2.56. The molecule has 0 amide bonds. The van der Waals surface area contributed by atoms with Crippen LogP contribution in [0.2, 0.25) is 0 Å². The molecule has 0 spiro atoms. The van der Waals surface area contributed by atoms with Crippen molar-refractivity contribution in [1.82, 2.24) is 4.31 Å². The smallest absolute Gasteiger partial charge is 0.0130 e. The molecule has 0 aliphatic heterocycles. The number of nitrogens with zero attached hydrogens (tertiary/aromatic N) is 1. The van der Waals surface area contributed by atoms with Crippen LogP contribution in [-0.2, 0) is 0 Å². The summed E-state index contributed by atoms with van der Waals surface area (Å²) in [5, 5.41) is 0. The summed E-state index contributed by atoms with van der Waals surface area (Å²) in [7, 11) is -0.481. The molecule has 0 aromatic carbocycles. The molecule has 0 rings (SSSR count).